The first-order valence-corrected chi connectivity index (χ1v) is 10.6. The molecule has 0 fully saturated rings. The molecule has 3 aromatic carbocycles. The Labute approximate surface area is 201 Å². The molecule has 10 heteroatoms. The average Bonchev–Trinajstić information content (AvgIpc) is 2.84. The smallest absolute Gasteiger partial charge is 0.335 e. The first kappa shape index (κ1) is 24.9. The zero-order valence-corrected chi connectivity index (χ0v) is 18.8. The molecule has 180 valence electrons. The van der Waals surface area contributed by atoms with Crippen LogP contribution in [0.4, 0.5) is 5.69 Å². The Morgan fingerprint density at radius 3 is 2.49 bits per heavy atom. The normalized spacial score (nSPS) is 10.7. The van der Waals surface area contributed by atoms with E-state index in [1.165, 1.54) is 36.5 Å². The second kappa shape index (κ2) is 11.9. The molecule has 2 N–H and O–H groups in total. The third-order valence-electron chi connectivity index (χ3n) is 4.81. The van der Waals surface area contributed by atoms with Crippen molar-refractivity contribution < 1.29 is 29.1 Å². The molecule has 0 saturated heterocycles. The highest BCUT2D eigenvalue weighted by atomic mass is 16.6. The summed E-state index contributed by atoms with van der Waals surface area (Å²) in [5.74, 6) is -0.517. The summed E-state index contributed by atoms with van der Waals surface area (Å²) in [4.78, 5) is 33.7. The maximum Gasteiger partial charge on any atom is 0.335 e. The van der Waals surface area contributed by atoms with Crippen LogP contribution in [0.5, 0.6) is 11.5 Å². The molecule has 0 aromatic heterocycles. The summed E-state index contributed by atoms with van der Waals surface area (Å²) in [6, 6.07) is 17.5. The predicted octanol–water partition coefficient (Wildman–Crippen LogP) is 3.96. The molecule has 0 unspecified atom stereocenters. The summed E-state index contributed by atoms with van der Waals surface area (Å²) in [5.41, 5.74) is 4.16. The number of nitro benzene ring substituents is 1. The van der Waals surface area contributed by atoms with Gasteiger partial charge in [0.15, 0.2) is 11.5 Å². The van der Waals surface area contributed by atoms with Crippen molar-refractivity contribution in [2.45, 2.75) is 20.0 Å². The van der Waals surface area contributed by atoms with Crippen molar-refractivity contribution >= 4 is 23.8 Å². The lowest BCUT2D eigenvalue weighted by molar-refractivity contribution is -0.385. The summed E-state index contributed by atoms with van der Waals surface area (Å²) in [7, 11) is 0. The molecule has 0 atom stereocenters. The van der Waals surface area contributed by atoms with E-state index in [0.29, 0.717) is 29.2 Å². The van der Waals surface area contributed by atoms with Crippen LogP contribution in [0.25, 0.3) is 0 Å². The molecule has 0 saturated carbocycles. The molecule has 0 aliphatic heterocycles. The maximum atomic E-state index is 12.2. The lowest BCUT2D eigenvalue weighted by atomic mass is 10.1. The first-order valence-electron chi connectivity index (χ1n) is 10.6. The first-order chi connectivity index (χ1) is 16.9. The minimum atomic E-state index is -0.995. The van der Waals surface area contributed by atoms with Gasteiger partial charge in [0, 0.05) is 11.6 Å². The van der Waals surface area contributed by atoms with E-state index < -0.39 is 16.8 Å². The van der Waals surface area contributed by atoms with Crippen LogP contribution < -0.4 is 14.9 Å². The monoisotopic (exact) mass is 477 g/mol. The van der Waals surface area contributed by atoms with Gasteiger partial charge < -0.3 is 14.6 Å². The third-order valence-corrected chi connectivity index (χ3v) is 4.81. The number of rotatable bonds is 11. The van der Waals surface area contributed by atoms with E-state index in [2.05, 4.69) is 10.5 Å². The fraction of sp³-hybridized carbons (Fsp3) is 0.160. The van der Waals surface area contributed by atoms with Crippen molar-refractivity contribution in [3.8, 4) is 11.5 Å². The number of hydrogen-bond donors (Lipinski definition) is 2. The van der Waals surface area contributed by atoms with E-state index >= 15 is 0 Å². The molecule has 0 spiro atoms. The fourth-order valence-corrected chi connectivity index (χ4v) is 3.13. The highest BCUT2D eigenvalue weighted by molar-refractivity contribution is 5.87. The van der Waals surface area contributed by atoms with Gasteiger partial charge in [0.2, 0.25) is 5.91 Å². The number of nitrogens with zero attached hydrogens (tertiary/aromatic N) is 2. The molecular formula is C25H23N3O7. The van der Waals surface area contributed by atoms with Crippen LogP contribution in [0.15, 0.2) is 71.8 Å². The molecule has 0 heterocycles. The van der Waals surface area contributed by atoms with Crippen LogP contribution in [-0.4, -0.2) is 34.7 Å². The highest BCUT2D eigenvalue weighted by Crippen LogP contribution is 2.29. The van der Waals surface area contributed by atoms with E-state index in [9.17, 15) is 19.7 Å². The zero-order chi connectivity index (χ0) is 25.2. The molecule has 3 rings (SSSR count). The number of hydrogen-bond acceptors (Lipinski definition) is 7. The van der Waals surface area contributed by atoms with E-state index in [0.717, 1.165) is 5.56 Å². The Morgan fingerprint density at radius 1 is 1.06 bits per heavy atom. The van der Waals surface area contributed by atoms with Gasteiger partial charge in [0.05, 0.1) is 29.7 Å². The van der Waals surface area contributed by atoms with Gasteiger partial charge in [-0.2, -0.15) is 5.10 Å². The number of benzene rings is 3. The number of hydrazone groups is 1. The maximum absolute atomic E-state index is 12.2. The average molecular weight is 477 g/mol. The molecule has 0 aliphatic rings. The standard InChI is InChI=1S/C25H23N3O7/c1-2-34-23-13-18(9-12-22(23)35-16-17-7-10-19(11-8-17)25(30)31)15-26-27-24(29)14-20-5-3-4-6-21(20)28(32)33/h3-13,15H,2,14,16H2,1H3,(H,27,29)(H,30,31)/b26-15+. The number of nitro groups is 1. The largest absolute Gasteiger partial charge is 0.490 e. The number of carbonyl (C=O) groups excluding carboxylic acids is 1. The molecular weight excluding hydrogens is 454 g/mol. The Bertz CT molecular complexity index is 1240. The van der Waals surface area contributed by atoms with Crippen LogP contribution in [0.3, 0.4) is 0 Å². The molecule has 0 radical (unpaired) electrons. The number of para-hydroxylation sites is 1. The van der Waals surface area contributed by atoms with E-state index in [1.54, 1.807) is 36.4 Å². The number of amides is 1. The van der Waals surface area contributed by atoms with E-state index in [-0.39, 0.29) is 24.3 Å². The van der Waals surface area contributed by atoms with Gasteiger partial charge in [-0.3, -0.25) is 14.9 Å². The van der Waals surface area contributed by atoms with Crippen molar-refractivity contribution in [3.05, 3.63) is 99.1 Å². The van der Waals surface area contributed by atoms with Crippen LogP contribution in [0.2, 0.25) is 0 Å². The van der Waals surface area contributed by atoms with Gasteiger partial charge >= 0.3 is 5.97 Å². The van der Waals surface area contributed by atoms with Crippen molar-refractivity contribution in [1.29, 1.82) is 0 Å². The number of carboxylic acid groups (broad SMARTS) is 1. The SMILES string of the molecule is CCOc1cc(/C=N/NC(=O)Cc2ccccc2[N+](=O)[O-])ccc1OCc1ccc(C(=O)O)cc1. The predicted molar refractivity (Wildman–Crippen MR) is 128 cm³/mol. The van der Waals surface area contributed by atoms with Gasteiger partial charge in [0.1, 0.15) is 6.61 Å². The number of ether oxygens (including phenoxy) is 2. The second-order valence-electron chi connectivity index (χ2n) is 7.29. The number of nitrogens with one attached hydrogen (secondary N) is 1. The molecule has 10 nitrogen and oxygen atoms in total. The van der Waals surface area contributed by atoms with Gasteiger partial charge in [-0.15, -0.1) is 0 Å². The Hall–Kier alpha value is -4.73. The van der Waals surface area contributed by atoms with Gasteiger partial charge in [-0.05, 0) is 48.4 Å². The van der Waals surface area contributed by atoms with Crippen LogP contribution in [-0.2, 0) is 17.8 Å². The summed E-state index contributed by atoms with van der Waals surface area (Å²) in [5, 5.41) is 24.0. The van der Waals surface area contributed by atoms with Crippen molar-refractivity contribution in [2.75, 3.05) is 6.61 Å². The molecule has 1 amide bonds. The number of aromatic carboxylic acids is 1. The van der Waals surface area contributed by atoms with E-state index in [4.69, 9.17) is 14.6 Å². The molecule has 0 bridgehead atoms. The van der Waals surface area contributed by atoms with Gasteiger partial charge in [0.25, 0.3) is 5.69 Å². The number of carboxylic acids is 1. The summed E-state index contributed by atoms with van der Waals surface area (Å²) >= 11 is 0. The minimum absolute atomic E-state index is 0.124. The summed E-state index contributed by atoms with van der Waals surface area (Å²) in [6.07, 6.45) is 1.24. The lowest BCUT2D eigenvalue weighted by Gasteiger charge is -2.13. The van der Waals surface area contributed by atoms with E-state index in [1.807, 2.05) is 6.92 Å². The highest BCUT2D eigenvalue weighted by Gasteiger charge is 2.15. The minimum Gasteiger partial charge on any atom is -0.490 e. The van der Waals surface area contributed by atoms with Crippen molar-refractivity contribution in [2.24, 2.45) is 5.10 Å². The molecule has 35 heavy (non-hydrogen) atoms. The van der Waals surface area contributed by atoms with Crippen LogP contribution in [0.1, 0.15) is 34.0 Å². The second-order valence-corrected chi connectivity index (χ2v) is 7.29. The Kier molecular flexibility index (Phi) is 8.49. The molecule has 0 aliphatic carbocycles. The van der Waals surface area contributed by atoms with Crippen molar-refractivity contribution in [3.63, 3.8) is 0 Å². The zero-order valence-electron chi connectivity index (χ0n) is 18.8. The van der Waals surface area contributed by atoms with Crippen LogP contribution >= 0.6 is 0 Å². The molecule has 3 aromatic rings. The van der Waals surface area contributed by atoms with Crippen LogP contribution in [0, 0.1) is 10.1 Å². The summed E-state index contributed by atoms with van der Waals surface area (Å²) < 4.78 is 11.5. The Balaban J connectivity index is 1.62. The third kappa shape index (κ3) is 7.13. The Morgan fingerprint density at radius 2 is 1.80 bits per heavy atom. The van der Waals surface area contributed by atoms with Gasteiger partial charge in [-0.25, -0.2) is 10.2 Å². The topological polar surface area (TPSA) is 140 Å². The van der Waals surface area contributed by atoms with Crippen molar-refractivity contribution in [1.82, 2.24) is 5.43 Å². The number of carbonyl (C=O) groups is 2. The summed E-state index contributed by atoms with van der Waals surface area (Å²) in [6.45, 7) is 2.45. The lowest BCUT2D eigenvalue weighted by Crippen LogP contribution is -2.20. The quantitative estimate of drug-likeness (QED) is 0.242. The fourth-order valence-electron chi connectivity index (χ4n) is 3.13. The van der Waals surface area contributed by atoms with Gasteiger partial charge in [-0.1, -0.05) is 30.3 Å².